The fraction of sp³-hybridized carbons (Fsp3) is 0.462. The number of thiazole rings is 1. The zero-order chi connectivity index (χ0) is 28.6. The van der Waals surface area contributed by atoms with Crippen molar-refractivity contribution in [3.05, 3.63) is 49.1 Å². The van der Waals surface area contributed by atoms with Crippen molar-refractivity contribution >= 4 is 73.1 Å². The topological polar surface area (TPSA) is 142 Å². The highest BCUT2D eigenvalue weighted by Gasteiger charge is 2.27. The van der Waals surface area contributed by atoms with E-state index in [0.717, 1.165) is 53.4 Å². The van der Waals surface area contributed by atoms with Crippen molar-refractivity contribution in [1.82, 2.24) is 4.57 Å². The molecule has 40 heavy (non-hydrogen) atoms. The third-order valence-electron chi connectivity index (χ3n) is 6.12. The Balaban J connectivity index is 1.43. The minimum absolute atomic E-state index is 0.00897. The standard InChI is InChI=1S/C26H30N4O7S3/c1-3-36-12-11-29-18-10-9-16(30(34)35)13-20(18)40-26(29)28-22(32)15-38-14-21(31)27-24-23(25(33)37-4-2)17-7-5-6-8-19(17)39-24/h9-10,13H,3-8,11-12,14-15H2,1-2H3,(H,27,31). The highest BCUT2D eigenvalue weighted by molar-refractivity contribution is 8.00. The van der Waals surface area contributed by atoms with E-state index in [-0.39, 0.29) is 29.7 Å². The number of thioether (sulfide) groups is 1. The van der Waals surface area contributed by atoms with E-state index in [9.17, 15) is 24.5 Å². The predicted octanol–water partition coefficient (Wildman–Crippen LogP) is 4.56. The van der Waals surface area contributed by atoms with E-state index in [4.69, 9.17) is 9.47 Å². The van der Waals surface area contributed by atoms with Crippen LogP contribution in [0.2, 0.25) is 0 Å². The molecule has 14 heteroatoms. The van der Waals surface area contributed by atoms with Gasteiger partial charge in [-0.2, -0.15) is 4.99 Å². The number of rotatable bonds is 12. The fourth-order valence-corrected chi connectivity index (χ4v) is 7.38. The SMILES string of the molecule is CCOCCn1c(=NC(=O)CSCC(=O)Nc2sc3c(c2C(=O)OCC)CCCC3)sc2cc([N+](=O)[O-])ccc21. The Morgan fingerprint density at radius 3 is 2.70 bits per heavy atom. The van der Waals surface area contributed by atoms with Gasteiger partial charge in [0, 0.05) is 30.2 Å². The largest absolute Gasteiger partial charge is 0.462 e. The van der Waals surface area contributed by atoms with Crippen LogP contribution in [0.25, 0.3) is 10.2 Å². The number of amides is 2. The first-order chi connectivity index (χ1) is 19.3. The smallest absolute Gasteiger partial charge is 0.341 e. The summed E-state index contributed by atoms with van der Waals surface area (Å²) in [5, 5.41) is 14.5. The Morgan fingerprint density at radius 2 is 1.95 bits per heavy atom. The van der Waals surface area contributed by atoms with Crippen LogP contribution in [0.5, 0.6) is 0 Å². The lowest BCUT2D eigenvalue weighted by Gasteiger charge is -2.12. The molecule has 0 radical (unpaired) electrons. The van der Waals surface area contributed by atoms with Crippen molar-refractivity contribution in [3.63, 3.8) is 0 Å². The van der Waals surface area contributed by atoms with Crippen LogP contribution < -0.4 is 10.1 Å². The van der Waals surface area contributed by atoms with E-state index < -0.39 is 16.8 Å². The summed E-state index contributed by atoms with van der Waals surface area (Å²) in [7, 11) is 0. The van der Waals surface area contributed by atoms with E-state index in [1.807, 2.05) is 11.5 Å². The van der Waals surface area contributed by atoms with E-state index in [1.54, 1.807) is 13.0 Å². The molecule has 2 aromatic heterocycles. The van der Waals surface area contributed by atoms with Gasteiger partial charge in [0.2, 0.25) is 5.91 Å². The Labute approximate surface area is 242 Å². The number of non-ortho nitro benzene ring substituents is 1. The van der Waals surface area contributed by atoms with Crippen LogP contribution in [0, 0.1) is 10.1 Å². The zero-order valence-corrected chi connectivity index (χ0v) is 24.7. The molecule has 214 valence electrons. The summed E-state index contributed by atoms with van der Waals surface area (Å²) in [4.78, 5) is 54.5. The summed E-state index contributed by atoms with van der Waals surface area (Å²) in [6.45, 7) is 5.24. The molecule has 0 bridgehead atoms. The van der Waals surface area contributed by atoms with E-state index in [0.29, 0.717) is 39.8 Å². The molecule has 1 N–H and O–H groups in total. The molecule has 2 amide bonds. The van der Waals surface area contributed by atoms with Crippen LogP contribution in [0.1, 0.15) is 47.5 Å². The number of benzene rings is 1. The number of esters is 1. The second-order valence-electron chi connectivity index (χ2n) is 8.82. The van der Waals surface area contributed by atoms with Crippen LogP contribution in [-0.2, 0) is 38.4 Å². The average molecular weight is 607 g/mol. The van der Waals surface area contributed by atoms with Gasteiger partial charge in [0.15, 0.2) is 4.80 Å². The van der Waals surface area contributed by atoms with Gasteiger partial charge >= 0.3 is 5.97 Å². The summed E-state index contributed by atoms with van der Waals surface area (Å²) in [5.74, 6) is -1.19. The number of ether oxygens (including phenoxy) is 2. The number of thiophene rings is 1. The molecule has 1 aliphatic rings. The van der Waals surface area contributed by atoms with Gasteiger partial charge in [0.1, 0.15) is 5.00 Å². The van der Waals surface area contributed by atoms with Crippen molar-refractivity contribution in [2.45, 2.75) is 46.1 Å². The van der Waals surface area contributed by atoms with Gasteiger partial charge in [-0.15, -0.1) is 23.1 Å². The summed E-state index contributed by atoms with van der Waals surface area (Å²) in [5.41, 5.74) is 2.11. The van der Waals surface area contributed by atoms with Gasteiger partial charge in [-0.05, 0) is 51.2 Å². The predicted molar refractivity (Wildman–Crippen MR) is 156 cm³/mol. The molecule has 1 aliphatic carbocycles. The van der Waals surface area contributed by atoms with E-state index in [2.05, 4.69) is 10.3 Å². The lowest BCUT2D eigenvalue weighted by atomic mass is 9.95. The number of carbonyl (C=O) groups is 3. The second-order valence-corrected chi connectivity index (χ2v) is 11.9. The highest BCUT2D eigenvalue weighted by atomic mass is 32.2. The minimum Gasteiger partial charge on any atom is -0.462 e. The first-order valence-electron chi connectivity index (χ1n) is 12.9. The highest BCUT2D eigenvalue weighted by Crippen LogP contribution is 2.38. The molecule has 0 fully saturated rings. The molecule has 0 saturated heterocycles. The van der Waals surface area contributed by atoms with E-state index >= 15 is 0 Å². The van der Waals surface area contributed by atoms with Crippen molar-refractivity contribution in [1.29, 1.82) is 0 Å². The number of aryl methyl sites for hydroxylation is 1. The Morgan fingerprint density at radius 1 is 1.15 bits per heavy atom. The maximum Gasteiger partial charge on any atom is 0.341 e. The molecular formula is C26H30N4O7S3. The van der Waals surface area contributed by atoms with Crippen LogP contribution in [0.3, 0.4) is 0 Å². The molecule has 3 aromatic rings. The average Bonchev–Trinajstić information content (AvgIpc) is 3.45. The Hall–Kier alpha value is -3.07. The van der Waals surface area contributed by atoms with Crippen LogP contribution in [-0.4, -0.2) is 58.6 Å². The lowest BCUT2D eigenvalue weighted by molar-refractivity contribution is -0.384. The van der Waals surface area contributed by atoms with Gasteiger partial charge < -0.3 is 19.4 Å². The monoisotopic (exact) mass is 606 g/mol. The van der Waals surface area contributed by atoms with Gasteiger partial charge in [-0.25, -0.2) is 4.79 Å². The van der Waals surface area contributed by atoms with Gasteiger partial charge in [-0.1, -0.05) is 11.3 Å². The third-order valence-corrected chi connectivity index (χ3v) is 9.29. The first kappa shape index (κ1) is 29.9. The van der Waals surface area contributed by atoms with Gasteiger partial charge in [0.25, 0.3) is 11.6 Å². The van der Waals surface area contributed by atoms with Crippen LogP contribution in [0.4, 0.5) is 10.7 Å². The number of hydrogen-bond acceptors (Lipinski definition) is 10. The van der Waals surface area contributed by atoms with Crippen molar-refractivity contribution < 1.29 is 28.8 Å². The Kier molecular flexibility index (Phi) is 10.5. The molecule has 0 atom stereocenters. The number of nitrogens with zero attached hydrogens (tertiary/aromatic N) is 3. The molecular weight excluding hydrogens is 577 g/mol. The summed E-state index contributed by atoms with van der Waals surface area (Å²) >= 11 is 3.73. The zero-order valence-electron chi connectivity index (χ0n) is 22.2. The number of nitro benzene ring substituents is 1. The van der Waals surface area contributed by atoms with E-state index in [1.165, 1.54) is 34.8 Å². The molecule has 0 unspecified atom stereocenters. The number of aromatic nitrogens is 1. The van der Waals surface area contributed by atoms with Gasteiger partial charge in [-0.3, -0.25) is 19.7 Å². The number of nitrogens with one attached hydrogen (secondary N) is 1. The Bertz CT molecular complexity index is 1490. The van der Waals surface area contributed by atoms with Crippen molar-refractivity contribution in [2.75, 3.05) is 36.6 Å². The second kappa shape index (κ2) is 14.0. The maximum atomic E-state index is 12.7. The number of hydrogen-bond donors (Lipinski definition) is 1. The summed E-state index contributed by atoms with van der Waals surface area (Å²) < 4.78 is 13.1. The maximum absolute atomic E-state index is 12.7. The van der Waals surface area contributed by atoms with Gasteiger partial charge in [0.05, 0.1) is 45.4 Å². The number of nitro groups is 1. The molecule has 2 heterocycles. The summed E-state index contributed by atoms with van der Waals surface area (Å²) in [6.07, 6.45) is 3.71. The molecule has 0 aliphatic heterocycles. The molecule has 4 rings (SSSR count). The minimum atomic E-state index is -0.464. The number of fused-ring (bicyclic) bond motifs is 2. The third kappa shape index (κ3) is 7.16. The van der Waals surface area contributed by atoms with Crippen molar-refractivity contribution in [3.8, 4) is 0 Å². The molecule has 0 spiro atoms. The fourth-order valence-electron chi connectivity index (χ4n) is 4.38. The number of anilines is 1. The quantitative estimate of drug-likeness (QED) is 0.137. The lowest BCUT2D eigenvalue weighted by Crippen LogP contribution is -2.21. The molecule has 1 aromatic carbocycles. The summed E-state index contributed by atoms with van der Waals surface area (Å²) in [6, 6.07) is 4.53. The molecule has 11 nitrogen and oxygen atoms in total. The van der Waals surface area contributed by atoms with Crippen molar-refractivity contribution in [2.24, 2.45) is 4.99 Å². The van der Waals surface area contributed by atoms with Crippen LogP contribution in [0.15, 0.2) is 23.2 Å². The first-order valence-corrected chi connectivity index (χ1v) is 15.7. The molecule has 0 saturated carbocycles. The number of carbonyl (C=O) groups excluding carboxylic acids is 3. The van der Waals surface area contributed by atoms with Crippen LogP contribution >= 0.6 is 34.4 Å². The normalized spacial score (nSPS) is 13.3.